The fraction of sp³-hybridized carbons (Fsp3) is 0.278. The Bertz CT molecular complexity index is 783. The Balaban J connectivity index is 1.82. The predicted molar refractivity (Wildman–Crippen MR) is 105 cm³/mol. The quantitative estimate of drug-likeness (QED) is 0.472. The van der Waals surface area contributed by atoms with Crippen molar-refractivity contribution in [3.8, 4) is 11.5 Å². The highest BCUT2D eigenvalue weighted by molar-refractivity contribution is 7.99. The Morgan fingerprint density at radius 3 is 2.63 bits per heavy atom. The van der Waals surface area contributed by atoms with Crippen molar-refractivity contribution in [2.24, 2.45) is 5.73 Å². The van der Waals surface area contributed by atoms with E-state index in [4.69, 9.17) is 15.2 Å². The first kappa shape index (κ1) is 20.5. The Morgan fingerprint density at radius 1 is 1.26 bits per heavy atom. The zero-order valence-corrected chi connectivity index (χ0v) is 15.7. The number of ether oxygens (including phenoxy) is 2. The van der Waals surface area contributed by atoms with Gasteiger partial charge in [0.05, 0.1) is 17.8 Å². The van der Waals surface area contributed by atoms with Gasteiger partial charge < -0.3 is 20.5 Å². The van der Waals surface area contributed by atoms with Gasteiger partial charge in [-0.3, -0.25) is 14.9 Å². The van der Waals surface area contributed by atoms with Gasteiger partial charge >= 0.3 is 5.69 Å². The molecule has 0 aliphatic rings. The maximum atomic E-state index is 12.0. The molecule has 0 saturated carbocycles. The number of nitrogens with two attached hydrogens (primary N) is 1. The number of benzene rings is 2. The Hall–Kier alpha value is -2.78. The van der Waals surface area contributed by atoms with Crippen molar-refractivity contribution in [1.29, 1.82) is 0 Å². The van der Waals surface area contributed by atoms with Crippen molar-refractivity contribution in [3.63, 3.8) is 0 Å². The lowest BCUT2D eigenvalue weighted by Crippen LogP contribution is -2.14. The Kier molecular flexibility index (Phi) is 7.90. The summed E-state index contributed by atoms with van der Waals surface area (Å²) in [5.41, 5.74) is 6.71. The van der Waals surface area contributed by atoms with Gasteiger partial charge in [0.15, 0.2) is 5.75 Å². The first-order valence-corrected chi connectivity index (χ1v) is 9.30. The number of carbonyl (C=O) groups is 1. The number of nitrogens with zero attached hydrogens (tertiary/aromatic N) is 1. The molecule has 0 spiro atoms. The molecule has 3 N–H and O–H groups in total. The van der Waals surface area contributed by atoms with E-state index in [0.717, 1.165) is 5.56 Å². The van der Waals surface area contributed by atoms with Crippen LogP contribution in [0.4, 0.5) is 11.4 Å². The zero-order chi connectivity index (χ0) is 19.6. The van der Waals surface area contributed by atoms with Crippen LogP contribution in [-0.4, -0.2) is 36.8 Å². The second kappa shape index (κ2) is 10.4. The number of hydrogen-bond acceptors (Lipinski definition) is 7. The van der Waals surface area contributed by atoms with E-state index in [9.17, 15) is 14.9 Å². The number of nitrogens with one attached hydrogen (secondary N) is 1. The summed E-state index contributed by atoms with van der Waals surface area (Å²) in [6.07, 6.45) is 0. The van der Waals surface area contributed by atoms with E-state index in [0.29, 0.717) is 30.3 Å². The molecule has 0 radical (unpaired) electrons. The fourth-order valence-corrected chi connectivity index (χ4v) is 3.01. The summed E-state index contributed by atoms with van der Waals surface area (Å²) < 4.78 is 10.3. The minimum Gasteiger partial charge on any atom is -0.492 e. The lowest BCUT2D eigenvalue weighted by Gasteiger charge is -2.08. The number of carbonyl (C=O) groups excluding carboxylic acids is 1. The van der Waals surface area contributed by atoms with Crippen LogP contribution in [0.2, 0.25) is 0 Å². The number of amides is 1. The third-order valence-corrected chi connectivity index (χ3v) is 4.47. The van der Waals surface area contributed by atoms with Gasteiger partial charge in [0.1, 0.15) is 12.4 Å². The number of thioether (sulfide) groups is 1. The third kappa shape index (κ3) is 6.46. The fourth-order valence-electron chi connectivity index (χ4n) is 2.24. The maximum absolute atomic E-state index is 12.0. The van der Waals surface area contributed by atoms with E-state index in [1.54, 1.807) is 36.4 Å². The van der Waals surface area contributed by atoms with Crippen LogP contribution in [0.1, 0.15) is 5.56 Å². The summed E-state index contributed by atoms with van der Waals surface area (Å²) in [5.74, 6) is 1.45. The van der Waals surface area contributed by atoms with Crippen molar-refractivity contribution in [2.45, 2.75) is 5.75 Å². The molecule has 0 heterocycles. The van der Waals surface area contributed by atoms with E-state index in [2.05, 4.69) is 5.32 Å². The highest BCUT2D eigenvalue weighted by Crippen LogP contribution is 2.29. The normalized spacial score (nSPS) is 10.3. The van der Waals surface area contributed by atoms with Crippen LogP contribution in [0.15, 0.2) is 42.5 Å². The van der Waals surface area contributed by atoms with Crippen LogP contribution in [0.25, 0.3) is 0 Å². The molecule has 0 unspecified atom stereocenters. The number of rotatable bonds is 10. The van der Waals surface area contributed by atoms with E-state index in [1.807, 2.05) is 0 Å². The number of methoxy groups -OCH3 is 1. The summed E-state index contributed by atoms with van der Waals surface area (Å²) in [4.78, 5) is 22.6. The minimum atomic E-state index is -0.485. The Labute approximate surface area is 161 Å². The van der Waals surface area contributed by atoms with Crippen LogP contribution >= 0.6 is 11.8 Å². The molecule has 0 aromatic heterocycles. The molecule has 0 saturated heterocycles. The number of nitro groups is 1. The topological polar surface area (TPSA) is 117 Å². The molecule has 2 aromatic rings. The average Bonchev–Trinajstić information content (AvgIpc) is 2.67. The van der Waals surface area contributed by atoms with Crippen LogP contribution in [0.3, 0.4) is 0 Å². The lowest BCUT2D eigenvalue weighted by molar-refractivity contribution is -0.385. The predicted octanol–water partition coefficient (Wildman–Crippen LogP) is 2.81. The van der Waals surface area contributed by atoms with Gasteiger partial charge in [-0.2, -0.15) is 0 Å². The van der Waals surface area contributed by atoms with Gasteiger partial charge in [-0.15, -0.1) is 11.8 Å². The van der Waals surface area contributed by atoms with E-state index in [1.165, 1.54) is 24.9 Å². The summed E-state index contributed by atoms with van der Waals surface area (Å²) in [6.45, 7) is 0.874. The molecule has 0 atom stereocenters. The van der Waals surface area contributed by atoms with E-state index < -0.39 is 4.92 Å². The van der Waals surface area contributed by atoms with Gasteiger partial charge in [-0.05, 0) is 35.9 Å². The molecule has 1 amide bonds. The molecular weight excluding hydrogens is 370 g/mol. The smallest absolute Gasteiger partial charge is 0.311 e. The standard InChI is InChI=1S/C18H21N3O5S/c1-25-17-7-2-13(10-16(17)21(23)24)11-27-12-18(22)20-14-3-5-15(6-4-14)26-9-8-19/h2-7,10H,8-9,11-12,19H2,1H3,(H,20,22). The maximum Gasteiger partial charge on any atom is 0.311 e. The summed E-state index contributed by atoms with van der Waals surface area (Å²) in [5, 5.41) is 13.8. The van der Waals surface area contributed by atoms with E-state index in [-0.39, 0.29) is 23.1 Å². The summed E-state index contributed by atoms with van der Waals surface area (Å²) in [7, 11) is 1.39. The Morgan fingerprint density at radius 2 is 2.00 bits per heavy atom. The van der Waals surface area contributed by atoms with Gasteiger partial charge in [0.25, 0.3) is 0 Å². The zero-order valence-electron chi connectivity index (χ0n) is 14.8. The van der Waals surface area contributed by atoms with Gasteiger partial charge in [-0.1, -0.05) is 6.07 Å². The number of nitro benzene ring substituents is 1. The molecule has 2 rings (SSSR count). The van der Waals surface area contributed by atoms with Crippen molar-refractivity contribution in [2.75, 3.05) is 31.3 Å². The van der Waals surface area contributed by atoms with Crippen molar-refractivity contribution in [3.05, 3.63) is 58.1 Å². The third-order valence-electron chi connectivity index (χ3n) is 3.47. The van der Waals surface area contributed by atoms with Crippen LogP contribution in [0.5, 0.6) is 11.5 Å². The number of hydrogen-bond donors (Lipinski definition) is 2. The first-order chi connectivity index (χ1) is 13.0. The summed E-state index contributed by atoms with van der Waals surface area (Å²) >= 11 is 1.37. The first-order valence-electron chi connectivity index (χ1n) is 8.15. The van der Waals surface area contributed by atoms with Crippen molar-refractivity contribution >= 4 is 29.0 Å². The highest BCUT2D eigenvalue weighted by Gasteiger charge is 2.15. The van der Waals surface area contributed by atoms with Crippen molar-refractivity contribution in [1.82, 2.24) is 0 Å². The SMILES string of the molecule is COc1ccc(CSCC(=O)Nc2ccc(OCCN)cc2)cc1[N+](=O)[O-]. The van der Waals surface area contributed by atoms with Gasteiger partial charge in [0.2, 0.25) is 5.91 Å². The van der Waals surface area contributed by atoms with Crippen LogP contribution < -0.4 is 20.5 Å². The minimum absolute atomic E-state index is 0.0861. The van der Waals surface area contributed by atoms with Gasteiger partial charge in [0, 0.05) is 24.1 Å². The average molecular weight is 391 g/mol. The molecule has 0 bridgehead atoms. The molecule has 0 fully saturated rings. The molecule has 2 aromatic carbocycles. The molecular formula is C18H21N3O5S. The summed E-state index contributed by atoms with van der Waals surface area (Å²) in [6, 6.07) is 11.8. The monoisotopic (exact) mass is 391 g/mol. The number of anilines is 1. The molecule has 0 aliphatic heterocycles. The van der Waals surface area contributed by atoms with E-state index >= 15 is 0 Å². The second-order valence-corrected chi connectivity index (χ2v) is 6.45. The molecule has 8 nitrogen and oxygen atoms in total. The van der Waals surface area contributed by atoms with Crippen LogP contribution in [0, 0.1) is 10.1 Å². The molecule has 9 heteroatoms. The largest absolute Gasteiger partial charge is 0.492 e. The van der Waals surface area contributed by atoms with Crippen molar-refractivity contribution < 1.29 is 19.2 Å². The van der Waals surface area contributed by atoms with Crippen LogP contribution in [-0.2, 0) is 10.5 Å². The molecule has 0 aliphatic carbocycles. The molecule has 27 heavy (non-hydrogen) atoms. The molecule has 144 valence electrons. The lowest BCUT2D eigenvalue weighted by atomic mass is 10.2. The highest BCUT2D eigenvalue weighted by atomic mass is 32.2. The second-order valence-electron chi connectivity index (χ2n) is 5.47. The van der Waals surface area contributed by atoms with Gasteiger partial charge in [-0.25, -0.2) is 0 Å².